The van der Waals surface area contributed by atoms with E-state index in [2.05, 4.69) is 56.8 Å². The number of nitrogens with zero attached hydrogens (tertiary/aromatic N) is 4. The molecule has 2 aromatic heterocycles. The van der Waals surface area contributed by atoms with E-state index in [0.29, 0.717) is 32.7 Å². The number of hydrogen-bond acceptors (Lipinski definition) is 7. The third-order valence-electron chi connectivity index (χ3n) is 6.43. The number of nitrogens with one attached hydrogen (secondary N) is 1. The van der Waals surface area contributed by atoms with E-state index in [4.69, 9.17) is 27.9 Å². The van der Waals surface area contributed by atoms with Gasteiger partial charge in [-0.25, -0.2) is 0 Å². The van der Waals surface area contributed by atoms with E-state index >= 15 is 0 Å². The number of anilines is 2. The number of ether oxygens (including phenoxy) is 1. The van der Waals surface area contributed by atoms with Crippen molar-refractivity contribution in [3.63, 3.8) is 0 Å². The molecule has 1 aliphatic heterocycles. The topological polar surface area (TPSA) is 64.4 Å². The molecule has 2 aromatic carbocycles. The van der Waals surface area contributed by atoms with Gasteiger partial charge in [-0.15, -0.1) is 11.3 Å². The molecular weight excluding hydrogens is 513 g/mol. The van der Waals surface area contributed by atoms with Crippen molar-refractivity contribution >= 4 is 56.8 Å². The molecule has 3 heterocycles. The fourth-order valence-corrected chi connectivity index (χ4v) is 5.77. The van der Waals surface area contributed by atoms with E-state index in [0.717, 1.165) is 49.2 Å². The first-order valence-corrected chi connectivity index (χ1v) is 13.2. The monoisotopic (exact) mass is 537 g/mol. The zero-order valence-corrected chi connectivity index (χ0v) is 22.3. The van der Waals surface area contributed by atoms with Crippen LogP contribution in [0.3, 0.4) is 0 Å². The van der Waals surface area contributed by atoms with Gasteiger partial charge in [-0.2, -0.15) is 5.26 Å². The van der Waals surface area contributed by atoms with Crippen LogP contribution in [0, 0.1) is 11.3 Å². The van der Waals surface area contributed by atoms with Gasteiger partial charge in [0, 0.05) is 55.3 Å². The molecule has 1 aliphatic rings. The summed E-state index contributed by atoms with van der Waals surface area (Å²) in [5, 5.41) is 17.0. The summed E-state index contributed by atoms with van der Waals surface area (Å²) in [6.45, 7) is 5.40. The molecule has 1 saturated heterocycles. The first-order valence-electron chi connectivity index (χ1n) is 11.6. The molecule has 0 aliphatic carbocycles. The van der Waals surface area contributed by atoms with Crippen molar-refractivity contribution < 1.29 is 4.74 Å². The van der Waals surface area contributed by atoms with Gasteiger partial charge in [-0.3, -0.25) is 9.88 Å². The van der Waals surface area contributed by atoms with E-state index in [-0.39, 0.29) is 0 Å². The van der Waals surface area contributed by atoms with Crippen LogP contribution in [0.2, 0.25) is 10.0 Å². The van der Waals surface area contributed by atoms with Crippen LogP contribution in [0.25, 0.3) is 21.3 Å². The maximum absolute atomic E-state index is 9.74. The van der Waals surface area contributed by atoms with Gasteiger partial charge in [-0.05, 0) is 41.8 Å². The maximum atomic E-state index is 9.74. The van der Waals surface area contributed by atoms with Crippen molar-refractivity contribution in [2.45, 2.75) is 6.54 Å². The highest BCUT2D eigenvalue weighted by molar-refractivity contribution is 7.13. The highest BCUT2D eigenvalue weighted by atomic mass is 35.5. The summed E-state index contributed by atoms with van der Waals surface area (Å²) in [4.78, 5) is 10.6. The van der Waals surface area contributed by atoms with Crippen LogP contribution in [0.5, 0.6) is 5.75 Å². The molecule has 0 spiro atoms. The Morgan fingerprint density at radius 1 is 1.11 bits per heavy atom. The maximum Gasteiger partial charge on any atom is 0.139 e. The Labute approximate surface area is 224 Å². The lowest BCUT2D eigenvalue weighted by Gasteiger charge is -2.32. The van der Waals surface area contributed by atoms with Gasteiger partial charge in [0.25, 0.3) is 0 Å². The zero-order valence-electron chi connectivity index (χ0n) is 20.0. The molecule has 0 amide bonds. The average molecular weight is 539 g/mol. The Kier molecular flexibility index (Phi) is 7.33. The molecule has 0 radical (unpaired) electrons. The van der Waals surface area contributed by atoms with Gasteiger partial charge in [0.15, 0.2) is 0 Å². The number of halogens is 2. The molecule has 4 aromatic rings. The van der Waals surface area contributed by atoms with Gasteiger partial charge in [0.05, 0.1) is 39.6 Å². The van der Waals surface area contributed by atoms with E-state index in [1.807, 2.05) is 6.07 Å². The summed E-state index contributed by atoms with van der Waals surface area (Å²) in [7, 11) is 3.72. The van der Waals surface area contributed by atoms with Gasteiger partial charge in [-0.1, -0.05) is 35.3 Å². The summed E-state index contributed by atoms with van der Waals surface area (Å²) < 4.78 is 5.33. The number of piperazine rings is 1. The third-order valence-corrected chi connectivity index (χ3v) is 8.07. The Bertz CT molecular complexity index is 1460. The fourth-order valence-electron chi connectivity index (χ4n) is 4.36. The second kappa shape index (κ2) is 10.6. The van der Waals surface area contributed by atoms with Gasteiger partial charge in [0.2, 0.25) is 0 Å². The average Bonchev–Trinajstić information content (AvgIpc) is 3.35. The second-order valence-electron chi connectivity index (χ2n) is 8.88. The number of hydrogen-bond donors (Lipinski definition) is 1. The SMILES string of the molecule is COc1cc(Nc2c(C#N)cnc3cc(-c4cc(CN5CCN(C)CC5)cs4)ccc23)c(Cl)cc1Cl. The molecule has 0 saturated carbocycles. The Hall–Kier alpha value is -2.86. The number of methoxy groups -OCH3 is 1. The number of pyridine rings is 1. The van der Waals surface area contributed by atoms with Gasteiger partial charge < -0.3 is 15.0 Å². The van der Waals surface area contributed by atoms with Crippen LogP contribution in [0.15, 0.2) is 48.0 Å². The summed E-state index contributed by atoms with van der Waals surface area (Å²) in [6, 6.07) is 14.0. The summed E-state index contributed by atoms with van der Waals surface area (Å²) >= 11 is 14.4. The molecule has 36 heavy (non-hydrogen) atoms. The molecule has 5 rings (SSSR count). The number of fused-ring (bicyclic) bond motifs is 1. The fraction of sp³-hybridized carbons (Fsp3) is 0.259. The Morgan fingerprint density at radius 2 is 1.92 bits per heavy atom. The predicted molar refractivity (Wildman–Crippen MR) is 149 cm³/mol. The second-order valence-corrected chi connectivity index (χ2v) is 10.6. The molecule has 0 bridgehead atoms. The number of rotatable bonds is 6. The van der Waals surface area contributed by atoms with Crippen molar-refractivity contribution in [3.05, 3.63) is 69.1 Å². The number of nitriles is 1. The molecule has 0 unspecified atom stereocenters. The van der Waals surface area contributed by atoms with Crippen LogP contribution in [-0.2, 0) is 6.54 Å². The molecule has 0 atom stereocenters. The minimum absolute atomic E-state index is 0.417. The van der Waals surface area contributed by atoms with Crippen LogP contribution >= 0.6 is 34.5 Å². The van der Waals surface area contributed by atoms with E-state index < -0.39 is 0 Å². The lowest BCUT2D eigenvalue weighted by Crippen LogP contribution is -2.43. The molecule has 9 heteroatoms. The smallest absolute Gasteiger partial charge is 0.139 e. The molecule has 1 N–H and O–H groups in total. The largest absolute Gasteiger partial charge is 0.495 e. The van der Waals surface area contributed by atoms with Gasteiger partial charge in [0.1, 0.15) is 11.8 Å². The molecule has 1 fully saturated rings. The minimum atomic E-state index is 0.417. The van der Waals surface area contributed by atoms with E-state index in [1.54, 1.807) is 36.8 Å². The van der Waals surface area contributed by atoms with Crippen LogP contribution in [0.4, 0.5) is 11.4 Å². The van der Waals surface area contributed by atoms with E-state index in [1.165, 1.54) is 10.4 Å². The molecule has 184 valence electrons. The first kappa shape index (κ1) is 24.8. The lowest BCUT2D eigenvalue weighted by atomic mass is 10.1. The van der Waals surface area contributed by atoms with Crippen molar-refractivity contribution in [1.29, 1.82) is 5.26 Å². The normalized spacial score (nSPS) is 14.6. The standard InChI is InChI=1S/C27H25Cl2N5OS/c1-33-5-7-34(8-6-33)15-17-9-26(36-16-17)18-3-4-20-23(10-18)31-14-19(13-30)27(20)32-24-12-25(35-2)22(29)11-21(24)28/h3-4,9-12,14,16H,5-8,15H2,1-2H3,(H,31,32). The minimum Gasteiger partial charge on any atom is -0.495 e. The quantitative estimate of drug-likeness (QED) is 0.297. The van der Waals surface area contributed by atoms with Crippen LogP contribution in [0.1, 0.15) is 11.1 Å². The Balaban J connectivity index is 1.44. The first-order chi connectivity index (χ1) is 17.4. The Morgan fingerprint density at radius 3 is 2.67 bits per heavy atom. The summed E-state index contributed by atoms with van der Waals surface area (Å²) in [5.41, 5.74) is 4.89. The summed E-state index contributed by atoms with van der Waals surface area (Å²) in [6.07, 6.45) is 1.59. The third kappa shape index (κ3) is 5.15. The van der Waals surface area contributed by atoms with Crippen LogP contribution in [-0.4, -0.2) is 55.1 Å². The van der Waals surface area contributed by atoms with Crippen molar-refractivity contribution in [2.24, 2.45) is 0 Å². The lowest BCUT2D eigenvalue weighted by molar-refractivity contribution is 0.148. The van der Waals surface area contributed by atoms with Crippen molar-refractivity contribution in [3.8, 4) is 22.3 Å². The molecular formula is C27H25Cl2N5OS. The van der Waals surface area contributed by atoms with Gasteiger partial charge >= 0.3 is 0 Å². The summed E-state index contributed by atoms with van der Waals surface area (Å²) in [5.74, 6) is 0.493. The van der Waals surface area contributed by atoms with Crippen LogP contribution < -0.4 is 10.1 Å². The predicted octanol–water partition coefficient (Wildman–Crippen LogP) is 6.64. The zero-order chi connectivity index (χ0) is 25.2. The van der Waals surface area contributed by atoms with Crippen molar-refractivity contribution in [1.82, 2.24) is 14.8 Å². The van der Waals surface area contributed by atoms with Crippen molar-refractivity contribution in [2.75, 3.05) is 45.7 Å². The number of thiophene rings is 1. The number of likely N-dealkylation sites (N-methyl/N-ethyl adjacent to an activating group) is 1. The highest BCUT2D eigenvalue weighted by Crippen LogP contribution is 2.39. The highest BCUT2D eigenvalue weighted by Gasteiger charge is 2.16. The number of benzene rings is 2. The number of aromatic nitrogens is 1. The van der Waals surface area contributed by atoms with E-state index in [9.17, 15) is 5.26 Å². The molecule has 6 nitrogen and oxygen atoms in total.